The maximum Gasteiger partial charge on any atom is 0.232 e. The minimum atomic E-state index is -0.131. The van der Waals surface area contributed by atoms with Gasteiger partial charge in [-0.1, -0.05) is 19.0 Å². The van der Waals surface area contributed by atoms with Gasteiger partial charge in [-0.05, 0) is 25.3 Å². The SMILES string of the molecule is CCC(CC)c1noc([C@@H]2CCC(=O)N(C)[C@H]2c2ccnn2C)n1. The molecule has 7 nitrogen and oxygen atoms in total. The molecule has 0 bridgehead atoms. The number of rotatable bonds is 5. The summed E-state index contributed by atoms with van der Waals surface area (Å²) in [5, 5.41) is 8.46. The zero-order valence-corrected chi connectivity index (χ0v) is 14.8. The van der Waals surface area contributed by atoms with Crippen molar-refractivity contribution in [2.24, 2.45) is 7.05 Å². The molecule has 0 aromatic carbocycles. The third kappa shape index (κ3) is 2.83. The van der Waals surface area contributed by atoms with Crippen molar-refractivity contribution >= 4 is 5.91 Å². The molecule has 0 saturated carbocycles. The van der Waals surface area contributed by atoms with E-state index in [2.05, 4.69) is 29.1 Å². The fraction of sp³-hybridized carbons (Fsp3) is 0.647. The summed E-state index contributed by atoms with van der Waals surface area (Å²) in [6.07, 6.45) is 4.94. The van der Waals surface area contributed by atoms with E-state index in [9.17, 15) is 4.79 Å². The van der Waals surface area contributed by atoms with Crippen molar-refractivity contribution in [3.8, 4) is 0 Å². The van der Waals surface area contributed by atoms with Gasteiger partial charge in [0.1, 0.15) is 0 Å². The van der Waals surface area contributed by atoms with E-state index < -0.39 is 0 Å². The summed E-state index contributed by atoms with van der Waals surface area (Å²) in [5.41, 5.74) is 0.984. The molecule has 0 N–H and O–H groups in total. The predicted octanol–water partition coefficient (Wildman–Crippen LogP) is 2.78. The third-order valence-electron chi connectivity index (χ3n) is 5.15. The van der Waals surface area contributed by atoms with Gasteiger partial charge in [-0.2, -0.15) is 10.1 Å². The average molecular weight is 331 g/mol. The molecule has 1 aliphatic rings. The summed E-state index contributed by atoms with van der Waals surface area (Å²) in [6, 6.07) is 1.82. The van der Waals surface area contributed by atoms with E-state index in [1.807, 2.05) is 24.8 Å². The summed E-state index contributed by atoms with van der Waals surface area (Å²) in [5.74, 6) is 1.86. The Kier molecular flexibility index (Phi) is 4.69. The molecule has 0 aliphatic carbocycles. The van der Waals surface area contributed by atoms with Crippen LogP contribution in [-0.4, -0.2) is 37.8 Å². The number of hydrogen-bond acceptors (Lipinski definition) is 5. The van der Waals surface area contributed by atoms with Gasteiger partial charge in [0.05, 0.1) is 17.7 Å². The molecule has 7 heteroatoms. The van der Waals surface area contributed by atoms with E-state index in [-0.39, 0.29) is 17.9 Å². The van der Waals surface area contributed by atoms with Crippen LogP contribution in [0, 0.1) is 0 Å². The molecule has 0 radical (unpaired) electrons. The van der Waals surface area contributed by atoms with Crippen LogP contribution in [0.4, 0.5) is 0 Å². The van der Waals surface area contributed by atoms with E-state index in [1.165, 1.54) is 0 Å². The van der Waals surface area contributed by atoms with Crippen LogP contribution in [0.15, 0.2) is 16.8 Å². The summed E-state index contributed by atoms with van der Waals surface area (Å²) in [6.45, 7) is 4.27. The highest BCUT2D eigenvalue weighted by atomic mass is 16.5. The molecule has 3 heterocycles. The Morgan fingerprint density at radius 2 is 2.08 bits per heavy atom. The predicted molar refractivity (Wildman–Crippen MR) is 88.3 cm³/mol. The normalized spacial score (nSPS) is 21.7. The van der Waals surface area contributed by atoms with E-state index in [1.54, 1.807) is 11.1 Å². The monoisotopic (exact) mass is 331 g/mol. The Bertz CT molecular complexity index is 703. The molecular weight excluding hydrogens is 306 g/mol. The molecule has 0 spiro atoms. The zero-order valence-electron chi connectivity index (χ0n) is 14.8. The molecule has 3 rings (SSSR count). The van der Waals surface area contributed by atoms with Gasteiger partial charge in [0.2, 0.25) is 11.8 Å². The molecule has 1 saturated heterocycles. The number of amides is 1. The molecule has 130 valence electrons. The number of aryl methyl sites for hydroxylation is 1. The Morgan fingerprint density at radius 1 is 1.33 bits per heavy atom. The lowest BCUT2D eigenvalue weighted by Gasteiger charge is -2.37. The van der Waals surface area contributed by atoms with Crippen LogP contribution in [-0.2, 0) is 11.8 Å². The van der Waals surface area contributed by atoms with E-state index in [0.717, 1.165) is 24.4 Å². The second kappa shape index (κ2) is 6.75. The van der Waals surface area contributed by atoms with Crippen molar-refractivity contribution in [3.05, 3.63) is 29.7 Å². The molecule has 2 aromatic heterocycles. The first-order chi connectivity index (χ1) is 11.6. The van der Waals surface area contributed by atoms with Crippen molar-refractivity contribution in [3.63, 3.8) is 0 Å². The van der Waals surface area contributed by atoms with E-state index in [0.29, 0.717) is 24.7 Å². The van der Waals surface area contributed by atoms with Crippen molar-refractivity contribution in [2.45, 2.75) is 57.4 Å². The third-order valence-corrected chi connectivity index (χ3v) is 5.15. The number of likely N-dealkylation sites (tertiary alicyclic amines) is 1. The molecule has 1 fully saturated rings. The Hall–Kier alpha value is -2.18. The van der Waals surface area contributed by atoms with Gasteiger partial charge in [-0.3, -0.25) is 9.48 Å². The van der Waals surface area contributed by atoms with Crippen molar-refractivity contribution in [1.29, 1.82) is 0 Å². The Labute approximate surface area is 142 Å². The van der Waals surface area contributed by atoms with Crippen LogP contribution < -0.4 is 0 Å². The van der Waals surface area contributed by atoms with E-state index >= 15 is 0 Å². The zero-order chi connectivity index (χ0) is 17.3. The fourth-order valence-electron chi connectivity index (χ4n) is 3.59. The van der Waals surface area contributed by atoms with Crippen LogP contribution >= 0.6 is 0 Å². The van der Waals surface area contributed by atoms with Gasteiger partial charge in [0, 0.05) is 32.6 Å². The van der Waals surface area contributed by atoms with Gasteiger partial charge in [-0.15, -0.1) is 0 Å². The Balaban J connectivity index is 1.95. The van der Waals surface area contributed by atoms with Crippen molar-refractivity contribution in [2.75, 3.05) is 7.05 Å². The number of nitrogens with zero attached hydrogens (tertiary/aromatic N) is 5. The molecule has 1 aliphatic heterocycles. The molecule has 2 aromatic rings. The smallest absolute Gasteiger partial charge is 0.232 e. The topological polar surface area (TPSA) is 77.0 Å². The highest BCUT2D eigenvalue weighted by Crippen LogP contribution is 2.41. The molecule has 24 heavy (non-hydrogen) atoms. The lowest BCUT2D eigenvalue weighted by Crippen LogP contribution is -2.40. The summed E-state index contributed by atoms with van der Waals surface area (Å²) in [4.78, 5) is 18.7. The number of likely N-dealkylation sites (N-methyl/N-ethyl adjacent to an activating group) is 1. The molecule has 2 atom stereocenters. The van der Waals surface area contributed by atoms with Crippen LogP contribution in [0.1, 0.15) is 74.8 Å². The lowest BCUT2D eigenvalue weighted by atomic mass is 9.86. The number of aromatic nitrogens is 4. The largest absolute Gasteiger partial charge is 0.339 e. The number of carbonyl (C=O) groups is 1. The maximum atomic E-state index is 12.2. The lowest BCUT2D eigenvalue weighted by molar-refractivity contribution is -0.136. The first-order valence-corrected chi connectivity index (χ1v) is 8.63. The fourth-order valence-corrected chi connectivity index (χ4v) is 3.59. The van der Waals surface area contributed by atoms with Gasteiger partial charge in [-0.25, -0.2) is 0 Å². The van der Waals surface area contributed by atoms with Crippen LogP contribution in [0.2, 0.25) is 0 Å². The number of piperidine rings is 1. The highest BCUT2D eigenvalue weighted by molar-refractivity contribution is 5.77. The number of carbonyl (C=O) groups excluding carboxylic acids is 1. The van der Waals surface area contributed by atoms with Gasteiger partial charge in [0.15, 0.2) is 5.82 Å². The Morgan fingerprint density at radius 3 is 2.71 bits per heavy atom. The summed E-state index contributed by atoms with van der Waals surface area (Å²) < 4.78 is 7.42. The minimum Gasteiger partial charge on any atom is -0.339 e. The highest BCUT2D eigenvalue weighted by Gasteiger charge is 2.40. The van der Waals surface area contributed by atoms with Crippen LogP contribution in [0.5, 0.6) is 0 Å². The average Bonchev–Trinajstić information content (AvgIpc) is 3.21. The van der Waals surface area contributed by atoms with E-state index in [4.69, 9.17) is 4.52 Å². The quantitative estimate of drug-likeness (QED) is 0.842. The second-order valence-corrected chi connectivity index (χ2v) is 6.48. The van der Waals surface area contributed by atoms with Gasteiger partial charge >= 0.3 is 0 Å². The molecule has 0 unspecified atom stereocenters. The van der Waals surface area contributed by atoms with Crippen LogP contribution in [0.25, 0.3) is 0 Å². The standard InChI is InChI=1S/C17H25N5O2/c1-5-11(6-2)16-19-17(24-20-16)12-7-8-14(23)21(3)15(12)13-9-10-18-22(13)4/h9-12,15H,5-8H2,1-4H3/t12-,15-/m1/s1. The van der Waals surface area contributed by atoms with Crippen molar-refractivity contribution < 1.29 is 9.32 Å². The second-order valence-electron chi connectivity index (χ2n) is 6.48. The van der Waals surface area contributed by atoms with Crippen molar-refractivity contribution in [1.82, 2.24) is 24.8 Å². The van der Waals surface area contributed by atoms with Gasteiger partial charge in [0.25, 0.3) is 0 Å². The first kappa shape index (κ1) is 16.7. The maximum absolute atomic E-state index is 12.2. The van der Waals surface area contributed by atoms with Gasteiger partial charge < -0.3 is 9.42 Å². The number of hydrogen-bond donors (Lipinski definition) is 0. The minimum absolute atomic E-state index is 0.00119. The summed E-state index contributed by atoms with van der Waals surface area (Å²) in [7, 11) is 3.73. The first-order valence-electron chi connectivity index (χ1n) is 8.63. The molecule has 1 amide bonds. The van der Waals surface area contributed by atoms with Crippen LogP contribution in [0.3, 0.4) is 0 Å². The summed E-state index contributed by atoms with van der Waals surface area (Å²) >= 11 is 0. The molecular formula is C17H25N5O2.